The van der Waals surface area contributed by atoms with E-state index < -0.39 is 0 Å². The molecule has 2 N–H and O–H groups in total. The van der Waals surface area contributed by atoms with Gasteiger partial charge in [-0.25, -0.2) is 0 Å². The molecular formula is C10H13N3OS. The minimum Gasteiger partial charge on any atom is -0.466 e. The van der Waals surface area contributed by atoms with Gasteiger partial charge in [-0.3, -0.25) is 0 Å². The molecule has 1 atom stereocenters. The van der Waals surface area contributed by atoms with Crippen LogP contribution in [0.5, 0.6) is 0 Å². The summed E-state index contributed by atoms with van der Waals surface area (Å²) in [5.74, 6) is 1.76. The summed E-state index contributed by atoms with van der Waals surface area (Å²) in [6.45, 7) is 5.75. The van der Waals surface area contributed by atoms with Crippen molar-refractivity contribution in [3.63, 3.8) is 0 Å². The van der Waals surface area contributed by atoms with Crippen molar-refractivity contribution >= 4 is 11.3 Å². The van der Waals surface area contributed by atoms with Gasteiger partial charge in [-0.1, -0.05) is 11.3 Å². The molecule has 2 aromatic rings. The van der Waals surface area contributed by atoms with E-state index in [9.17, 15) is 0 Å². The third-order valence-electron chi connectivity index (χ3n) is 2.10. The van der Waals surface area contributed by atoms with Crippen LogP contribution in [0.4, 0.5) is 0 Å². The molecule has 80 valence electrons. The molecule has 2 rings (SSSR count). The lowest BCUT2D eigenvalue weighted by Crippen LogP contribution is -2.03. The van der Waals surface area contributed by atoms with Gasteiger partial charge < -0.3 is 10.2 Å². The molecule has 1 unspecified atom stereocenters. The molecule has 5 heteroatoms. The third kappa shape index (κ3) is 1.93. The van der Waals surface area contributed by atoms with Crippen LogP contribution in [-0.2, 0) is 0 Å². The average Bonchev–Trinajstić information content (AvgIpc) is 2.71. The van der Waals surface area contributed by atoms with Crippen LogP contribution in [0, 0.1) is 13.8 Å². The quantitative estimate of drug-likeness (QED) is 0.849. The van der Waals surface area contributed by atoms with E-state index in [2.05, 4.69) is 10.2 Å². The van der Waals surface area contributed by atoms with Gasteiger partial charge >= 0.3 is 0 Å². The lowest BCUT2D eigenvalue weighted by molar-refractivity contribution is 0.505. The number of hydrogen-bond donors (Lipinski definition) is 1. The first-order valence-corrected chi connectivity index (χ1v) is 5.56. The SMILES string of the molecule is Cc1cc(-c2nnc(C(C)N)s2)c(C)o1. The topological polar surface area (TPSA) is 64.9 Å². The Morgan fingerprint density at radius 2 is 2.13 bits per heavy atom. The van der Waals surface area contributed by atoms with Crippen molar-refractivity contribution in [3.8, 4) is 10.6 Å². The highest BCUT2D eigenvalue weighted by molar-refractivity contribution is 7.14. The maximum atomic E-state index is 5.73. The minimum absolute atomic E-state index is 0.0652. The fourth-order valence-electron chi connectivity index (χ4n) is 1.37. The number of nitrogens with two attached hydrogens (primary N) is 1. The monoisotopic (exact) mass is 223 g/mol. The molecule has 0 bridgehead atoms. The van der Waals surface area contributed by atoms with Gasteiger partial charge in [-0.15, -0.1) is 10.2 Å². The van der Waals surface area contributed by atoms with Crippen LogP contribution in [0.1, 0.15) is 29.5 Å². The van der Waals surface area contributed by atoms with Gasteiger partial charge in [0.25, 0.3) is 0 Å². The van der Waals surface area contributed by atoms with Crippen molar-refractivity contribution in [2.45, 2.75) is 26.8 Å². The molecule has 0 aliphatic heterocycles. The molecule has 0 saturated heterocycles. The largest absolute Gasteiger partial charge is 0.466 e. The standard InChI is InChI=1S/C10H13N3OS/c1-5-4-8(7(3)14-5)10-13-12-9(15-10)6(2)11/h4,6H,11H2,1-3H3. The van der Waals surface area contributed by atoms with Crippen molar-refractivity contribution in [1.82, 2.24) is 10.2 Å². The predicted octanol–water partition coefficient (Wildman–Crippen LogP) is 2.43. The number of hydrogen-bond acceptors (Lipinski definition) is 5. The second-order valence-corrected chi connectivity index (χ2v) is 4.57. The zero-order valence-corrected chi connectivity index (χ0v) is 9.76. The third-order valence-corrected chi connectivity index (χ3v) is 3.26. The van der Waals surface area contributed by atoms with E-state index in [1.807, 2.05) is 26.8 Å². The molecule has 0 radical (unpaired) electrons. The lowest BCUT2D eigenvalue weighted by atomic mass is 10.2. The summed E-state index contributed by atoms with van der Waals surface area (Å²) in [5, 5.41) is 9.88. The summed E-state index contributed by atoms with van der Waals surface area (Å²) in [6.07, 6.45) is 0. The van der Waals surface area contributed by atoms with Gasteiger partial charge in [0.2, 0.25) is 0 Å². The highest BCUT2D eigenvalue weighted by Gasteiger charge is 2.14. The predicted molar refractivity (Wildman–Crippen MR) is 59.7 cm³/mol. The molecule has 0 aliphatic carbocycles. The molecule has 2 heterocycles. The number of furan rings is 1. The van der Waals surface area contributed by atoms with Crippen LogP contribution in [0.2, 0.25) is 0 Å². The van der Waals surface area contributed by atoms with Crippen molar-refractivity contribution < 1.29 is 4.42 Å². The molecule has 2 aromatic heterocycles. The van der Waals surface area contributed by atoms with E-state index in [0.29, 0.717) is 0 Å². The van der Waals surface area contributed by atoms with Crippen LogP contribution in [0.15, 0.2) is 10.5 Å². The first-order valence-electron chi connectivity index (χ1n) is 4.74. The van der Waals surface area contributed by atoms with E-state index in [-0.39, 0.29) is 6.04 Å². The van der Waals surface area contributed by atoms with Crippen LogP contribution < -0.4 is 5.73 Å². The maximum Gasteiger partial charge on any atom is 0.151 e. The molecule has 0 spiro atoms. The molecule has 0 aliphatic rings. The van der Waals surface area contributed by atoms with Gasteiger partial charge in [-0.05, 0) is 26.8 Å². The van der Waals surface area contributed by atoms with Gasteiger partial charge in [0.15, 0.2) is 5.01 Å². The van der Waals surface area contributed by atoms with Crippen LogP contribution in [0.3, 0.4) is 0 Å². The van der Waals surface area contributed by atoms with E-state index in [1.54, 1.807) is 0 Å². The first-order chi connectivity index (χ1) is 7.08. The Bertz CT molecular complexity index is 473. The number of nitrogens with zero attached hydrogens (tertiary/aromatic N) is 2. The molecule has 0 amide bonds. The molecular weight excluding hydrogens is 210 g/mol. The maximum absolute atomic E-state index is 5.73. The summed E-state index contributed by atoms with van der Waals surface area (Å²) in [4.78, 5) is 0. The molecule has 15 heavy (non-hydrogen) atoms. The molecule has 0 saturated carbocycles. The Morgan fingerprint density at radius 3 is 2.60 bits per heavy atom. The highest BCUT2D eigenvalue weighted by atomic mass is 32.1. The molecule has 4 nitrogen and oxygen atoms in total. The van der Waals surface area contributed by atoms with Crippen LogP contribution in [-0.4, -0.2) is 10.2 Å². The Balaban J connectivity index is 2.41. The Hall–Kier alpha value is -1.20. The lowest BCUT2D eigenvalue weighted by Gasteiger charge is -1.94. The zero-order valence-electron chi connectivity index (χ0n) is 8.94. The zero-order chi connectivity index (χ0) is 11.0. The smallest absolute Gasteiger partial charge is 0.151 e. The van der Waals surface area contributed by atoms with E-state index in [0.717, 1.165) is 27.1 Å². The van der Waals surface area contributed by atoms with Crippen molar-refractivity contribution in [2.75, 3.05) is 0 Å². The summed E-state index contributed by atoms with van der Waals surface area (Å²) in [6, 6.07) is 1.91. The Morgan fingerprint density at radius 1 is 1.40 bits per heavy atom. The molecule has 0 fully saturated rings. The summed E-state index contributed by atoms with van der Waals surface area (Å²) >= 11 is 1.51. The Kier molecular flexibility index (Phi) is 2.58. The number of aromatic nitrogens is 2. The first kappa shape index (κ1) is 10.3. The fourth-order valence-corrected chi connectivity index (χ4v) is 2.23. The summed E-state index contributed by atoms with van der Waals surface area (Å²) < 4.78 is 5.45. The van der Waals surface area contributed by atoms with Crippen LogP contribution >= 0.6 is 11.3 Å². The Labute approximate surface area is 92.1 Å². The average molecular weight is 223 g/mol. The van der Waals surface area contributed by atoms with Crippen molar-refractivity contribution in [2.24, 2.45) is 5.73 Å². The summed E-state index contributed by atoms with van der Waals surface area (Å²) in [7, 11) is 0. The van der Waals surface area contributed by atoms with Gasteiger partial charge in [0.1, 0.15) is 16.5 Å². The van der Waals surface area contributed by atoms with Gasteiger partial charge in [0, 0.05) is 0 Å². The van der Waals surface area contributed by atoms with Crippen LogP contribution in [0.25, 0.3) is 10.6 Å². The van der Waals surface area contributed by atoms with Gasteiger partial charge in [0.05, 0.1) is 11.6 Å². The summed E-state index contributed by atoms with van der Waals surface area (Å²) in [5.41, 5.74) is 6.74. The van der Waals surface area contributed by atoms with Crippen molar-refractivity contribution in [1.29, 1.82) is 0 Å². The highest BCUT2D eigenvalue weighted by Crippen LogP contribution is 2.30. The number of rotatable bonds is 2. The normalized spacial score (nSPS) is 13.1. The number of aryl methyl sites for hydroxylation is 2. The fraction of sp³-hybridized carbons (Fsp3) is 0.400. The van der Waals surface area contributed by atoms with Crippen molar-refractivity contribution in [3.05, 3.63) is 22.6 Å². The van der Waals surface area contributed by atoms with E-state index >= 15 is 0 Å². The minimum atomic E-state index is -0.0652. The molecule has 0 aromatic carbocycles. The van der Waals surface area contributed by atoms with E-state index in [1.165, 1.54) is 11.3 Å². The van der Waals surface area contributed by atoms with E-state index in [4.69, 9.17) is 10.2 Å². The van der Waals surface area contributed by atoms with Gasteiger partial charge in [-0.2, -0.15) is 0 Å². The second-order valence-electron chi connectivity index (χ2n) is 3.56. The second kappa shape index (κ2) is 3.75.